The summed E-state index contributed by atoms with van der Waals surface area (Å²) in [5.41, 5.74) is 3.82. The van der Waals surface area contributed by atoms with Crippen LogP contribution in [0.5, 0.6) is 0 Å². The molecular formula is C14H18N2O. The minimum Gasteiger partial charge on any atom is -0.269 e. The second kappa shape index (κ2) is 4.70. The molecule has 0 fully saturated rings. The molecule has 2 aromatic heterocycles. The van der Waals surface area contributed by atoms with Crippen LogP contribution in [0, 0.1) is 6.92 Å². The monoisotopic (exact) mass is 230 g/mol. The number of hydrogen-bond acceptors (Lipinski definition) is 2. The average molecular weight is 230 g/mol. The van der Waals surface area contributed by atoms with Crippen molar-refractivity contribution in [1.29, 1.82) is 0 Å². The Morgan fingerprint density at radius 1 is 1.29 bits per heavy atom. The molecule has 0 amide bonds. The molecule has 2 heterocycles. The summed E-state index contributed by atoms with van der Waals surface area (Å²) in [4.78, 5) is 16.6. The summed E-state index contributed by atoms with van der Waals surface area (Å²) in [5.74, 6) is 0. The molecule has 0 atom stereocenters. The Morgan fingerprint density at radius 3 is 2.71 bits per heavy atom. The molecule has 3 heteroatoms. The smallest absolute Gasteiger partial charge is 0.261 e. The largest absolute Gasteiger partial charge is 0.269 e. The van der Waals surface area contributed by atoms with Crippen molar-refractivity contribution in [3.05, 3.63) is 45.5 Å². The molecule has 0 spiro atoms. The average Bonchev–Trinajstić information content (AvgIpc) is 2.29. The van der Waals surface area contributed by atoms with E-state index >= 15 is 0 Å². The van der Waals surface area contributed by atoms with E-state index in [9.17, 15) is 4.79 Å². The third-order valence-electron chi connectivity index (χ3n) is 3.04. The number of pyridine rings is 1. The van der Waals surface area contributed by atoms with Crippen LogP contribution in [0.25, 0.3) is 5.65 Å². The molecule has 0 unspecified atom stereocenters. The fourth-order valence-corrected chi connectivity index (χ4v) is 2.16. The zero-order valence-electron chi connectivity index (χ0n) is 10.7. The molecule has 17 heavy (non-hydrogen) atoms. The van der Waals surface area contributed by atoms with Gasteiger partial charge in [-0.25, -0.2) is 4.98 Å². The SMILES string of the molecule is CCCc1cc(C)n2c(=O)c(CC)cnc2c1. The van der Waals surface area contributed by atoms with Gasteiger partial charge in [0.15, 0.2) is 0 Å². The zero-order chi connectivity index (χ0) is 12.4. The van der Waals surface area contributed by atoms with E-state index in [0.29, 0.717) is 0 Å². The van der Waals surface area contributed by atoms with E-state index in [1.165, 1.54) is 5.56 Å². The van der Waals surface area contributed by atoms with Crippen LogP contribution in [0.1, 0.15) is 37.1 Å². The maximum Gasteiger partial charge on any atom is 0.261 e. The van der Waals surface area contributed by atoms with Crippen LogP contribution in [0.2, 0.25) is 0 Å². The fraction of sp³-hybridized carbons (Fsp3) is 0.429. The van der Waals surface area contributed by atoms with Crippen LogP contribution >= 0.6 is 0 Å². The van der Waals surface area contributed by atoms with Gasteiger partial charge in [0.2, 0.25) is 0 Å². The number of fused-ring (bicyclic) bond motifs is 1. The van der Waals surface area contributed by atoms with Gasteiger partial charge in [-0.2, -0.15) is 0 Å². The molecule has 2 aromatic rings. The highest BCUT2D eigenvalue weighted by atomic mass is 16.1. The van der Waals surface area contributed by atoms with Crippen LogP contribution in [0.3, 0.4) is 0 Å². The van der Waals surface area contributed by atoms with Crippen molar-refractivity contribution in [2.45, 2.75) is 40.0 Å². The summed E-state index contributed by atoms with van der Waals surface area (Å²) < 4.78 is 1.71. The predicted molar refractivity (Wildman–Crippen MR) is 69.6 cm³/mol. The van der Waals surface area contributed by atoms with Crippen molar-refractivity contribution in [2.75, 3.05) is 0 Å². The Morgan fingerprint density at radius 2 is 2.06 bits per heavy atom. The first-order chi connectivity index (χ1) is 8.17. The minimum atomic E-state index is 0.0676. The number of aryl methyl sites for hydroxylation is 3. The summed E-state index contributed by atoms with van der Waals surface area (Å²) >= 11 is 0. The fourth-order valence-electron chi connectivity index (χ4n) is 2.16. The minimum absolute atomic E-state index is 0.0676. The molecule has 0 saturated heterocycles. The Bertz CT molecular complexity index is 599. The Labute approximate surface area is 101 Å². The van der Waals surface area contributed by atoms with Gasteiger partial charge < -0.3 is 0 Å². The summed E-state index contributed by atoms with van der Waals surface area (Å²) in [7, 11) is 0. The van der Waals surface area contributed by atoms with E-state index in [1.54, 1.807) is 10.6 Å². The van der Waals surface area contributed by atoms with Crippen molar-refractivity contribution < 1.29 is 0 Å². The van der Waals surface area contributed by atoms with Gasteiger partial charge in [0, 0.05) is 17.5 Å². The molecular weight excluding hydrogens is 212 g/mol. The highest BCUT2D eigenvalue weighted by Crippen LogP contribution is 2.10. The van der Waals surface area contributed by atoms with Crippen LogP contribution in [0.15, 0.2) is 23.1 Å². The summed E-state index contributed by atoms with van der Waals surface area (Å²) in [6, 6.07) is 4.09. The van der Waals surface area contributed by atoms with Gasteiger partial charge in [0.25, 0.3) is 5.56 Å². The molecule has 3 nitrogen and oxygen atoms in total. The molecule has 0 aliphatic heterocycles. The normalized spacial score (nSPS) is 11.0. The first kappa shape index (κ1) is 11.8. The van der Waals surface area contributed by atoms with Gasteiger partial charge in [-0.05, 0) is 37.5 Å². The zero-order valence-corrected chi connectivity index (χ0v) is 10.7. The summed E-state index contributed by atoms with van der Waals surface area (Å²) in [6.07, 6.45) is 4.56. The van der Waals surface area contributed by atoms with Gasteiger partial charge in [0.05, 0.1) is 0 Å². The highest BCUT2D eigenvalue weighted by Gasteiger charge is 2.06. The van der Waals surface area contributed by atoms with E-state index in [1.807, 2.05) is 19.9 Å². The third-order valence-corrected chi connectivity index (χ3v) is 3.04. The molecule has 0 aliphatic carbocycles. The topological polar surface area (TPSA) is 34.4 Å². The van der Waals surface area contributed by atoms with Gasteiger partial charge in [-0.3, -0.25) is 9.20 Å². The van der Waals surface area contributed by atoms with Crippen LogP contribution < -0.4 is 5.56 Å². The molecule has 0 bridgehead atoms. The first-order valence-electron chi connectivity index (χ1n) is 6.17. The second-order valence-corrected chi connectivity index (χ2v) is 4.39. The Balaban J connectivity index is 2.72. The Kier molecular flexibility index (Phi) is 3.27. The maximum atomic E-state index is 12.2. The highest BCUT2D eigenvalue weighted by molar-refractivity contribution is 5.44. The molecule has 0 N–H and O–H groups in total. The van der Waals surface area contributed by atoms with E-state index in [2.05, 4.69) is 18.0 Å². The van der Waals surface area contributed by atoms with E-state index in [-0.39, 0.29) is 5.56 Å². The predicted octanol–water partition coefficient (Wildman–Crippen LogP) is 2.52. The lowest BCUT2D eigenvalue weighted by atomic mass is 10.1. The van der Waals surface area contributed by atoms with Crippen LogP contribution in [-0.2, 0) is 12.8 Å². The molecule has 0 saturated carbocycles. The lowest BCUT2D eigenvalue weighted by molar-refractivity contribution is 0.890. The summed E-state index contributed by atoms with van der Waals surface area (Å²) in [5, 5.41) is 0. The van der Waals surface area contributed by atoms with Gasteiger partial charge in [0.1, 0.15) is 5.65 Å². The lowest BCUT2D eigenvalue weighted by Gasteiger charge is -2.08. The van der Waals surface area contributed by atoms with Crippen molar-refractivity contribution in [1.82, 2.24) is 9.38 Å². The van der Waals surface area contributed by atoms with Gasteiger partial charge >= 0.3 is 0 Å². The molecule has 2 rings (SSSR count). The number of rotatable bonds is 3. The van der Waals surface area contributed by atoms with Crippen molar-refractivity contribution >= 4 is 5.65 Å². The summed E-state index contributed by atoms with van der Waals surface area (Å²) in [6.45, 7) is 6.10. The van der Waals surface area contributed by atoms with Crippen molar-refractivity contribution in [3.8, 4) is 0 Å². The Hall–Kier alpha value is -1.64. The third kappa shape index (κ3) is 2.09. The van der Waals surface area contributed by atoms with Gasteiger partial charge in [-0.15, -0.1) is 0 Å². The van der Waals surface area contributed by atoms with E-state index in [0.717, 1.165) is 36.2 Å². The second-order valence-electron chi connectivity index (χ2n) is 4.39. The number of nitrogens with zero attached hydrogens (tertiary/aromatic N) is 2. The number of hydrogen-bond donors (Lipinski definition) is 0. The van der Waals surface area contributed by atoms with Crippen LogP contribution in [0.4, 0.5) is 0 Å². The molecule has 90 valence electrons. The molecule has 0 radical (unpaired) electrons. The number of aromatic nitrogens is 2. The first-order valence-corrected chi connectivity index (χ1v) is 6.17. The molecule has 0 aliphatic rings. The molecule has 0 aromatic carbocycles. The van der Waals surface area contributed by atoms with E-state index < -0.39 is 0 Å². The van der Waals surface area contributed by atoms with Gasteiger partial charge in [-0.1, -0.05) is 20.3 Å². The maximum absolute atomic E-state index is 12.2. The van der Waals surface area contributed by atoms with E-state index in [4.69, 9.17) is 0 Å². The van der Waals surface area contributed by atoms with Crippen LogP contribution in [-0.4, -0.2) is 9.38 Å². The standard InChI is InChI=1S/C14H18N2O/c1-4-6-11-7-10(3)16-13(8-11)15-9-12(5-2)14(16)17/h7-9H,4-6H2,1-3H3. The van der Waals surface area contributed by atoms with Crippen molar-refractivity contribution in [3.63, 3.8) is 0 Å². The lowest BCUT2D eigenvalue weighted by Crippen LogP contribution is -2.21. The van der Waals surface area contributed by atoms with Crippen molar-refractivity contribution in [2.24, 2.45) is 0 Å². The quantitative estimate of drug-likeness (QED) is 0.812.